The third kappa shape index (κ3) is 3.85. The molecule has 0 aromatic heterocycles. The summed E-state index contributed by atoms with van der Waals surface area (Å²) < 4.78 is 11.8. The maximum absolute atomic E-state index is 11.8. The summed E-state index contributed by atoms with van der Waals surface area (Å²) >= 11 is 0. The lowest BCUT2D eigenvalue weighted by molar-refractivity contribution is 0.281. The fraction of sp³-hybridized carbons (Fsp3) is 0.455. The van der Waals surface area contributed by atoms with E-state index >= 15 is 0 Å². The maximum Gasteiger partial charge on any atom is 0.0906 e. The average molecular weight is 197 g/mol. The van der Waals surface area contributed by atoms with E-state index in [-0.39, 0.29) is 13.3 Å². The normalized spacial score (nSPS) is 10.4. The molecular weight excluding hydrogens is 181 g/mol. The first kappa shape index (κ1) is 11.1. The summed E-state index contributed by atoms with van der Waals surface area (Å²) in [7, 11) is 0. The Morgan fingerprint density at radius 3 is 2.79 bits per heavy atom. The second-order valence-corrected chi connectivity index (χ2v) is 3.20. The highest BCUT2D eigenvalue weighted by Crippen LogP contribution is 2.04. The van der Waals surface area contributed by atoms with Crippen molar-refractivity contribution in [1.29, 1.82) is 0 Å². The van der Waals surface area contributed by atoms with Crippen molar-refractivity contribution < 1.29 is 9.50 Å². The van der Waals surface area contributed by atoms with Gasteiger partial charge in [0.1, 0.15) is 0 Å². The van der Waals surface area contributed by atoms with Crippen LogP contribution >= 0.6 is 0 Å². The van der Waals surface area contributed by atoms with Gasteiger partial charge in [-0.05, 0) is 24.1 Å². The van der Waals surface area contributed by atoms with Gasteiger partial charge in [0.05, 0.1) is 13.3 Å². The Morgan fingerprint density at radius 2 is 2.07 bits per heavy atom. The Bertz CT molecular complexity index is 265. The highest BCUT2D eigenvalue weighted by Gasteiger charge is 1.94. The molecule has 0 saturated carbocycles. The predicted octanol–water partition coefficient (Wildman–Crippen LogP) is 1.63. The van der Waals surface area contributed by atoms with E-state index < -0.39 is 0 Å². The molecule has 14 heavy (non-hydrogen) atoms. The van der Waals surface area contributed by atoms with Crippen LogP contribution in [-0.4, -0.2) is 18.3 Å². The largest absolute Gasteiger partial charge is 0.392 e. The third-order valence-corrected chi connectivity index (χ3v) is 1.99. The van der Waals surface area contributed by atoms with Gasteiger partial charge in [-0.15, -0.1) is 0 Å². The van der Waals surface area contributed by atoms with Crippen LogP contribution in [0, 0.1) is 0 Å². The molecule has 0 unspecified atom stereocenters. The molecule has 78 valence electrons. The van der Waals surface area contributed by atoms with E-state index in [1.807, 2.05) is 24.3 Å². The van der Waals surface area contributed by atoms with Crippen molar-refractivity contribution in [2.45, 2.75) is 19.6 Å². The molecule has 3 heteroatoms. The first-order valence-electron chi connectivity index (χ1n) is 4.82. The second-order valence-electron chi connectivity index (χ2n) is 3.20. The van der Waals surface area contributed by atoms with Crippen molar-refractivity contribution in [3.8, 4) is 0 Å². The van der Waals surface area contributed by atoms with E-state index in [9.17, 15) is 4.39 Å². The van der Waals surface area contributed by atoms with Gasteiger partial charge in [-0.25, -0.2) is 0 Å². The van der Waals surface area contributed by atoms with Gasteiger partial charge < -0.3 is 10.4 Å². The lowest BCUT2D eigenvalue weighted by Gasteiger charge is -2.04. The zero-order valence-electron chi connectivity index (χ0n) is 8.17. The molecule has 2 nitrogen and oxygen atoms in total. The zero-order valence-corrected chi connectivity index (χ0v) is 8.17. The molecule has 0 saturated heterocycles. The molecule has 0 spiro atoms. The molecule has 0 atom stereocenters. The van der Waals surface area contributed by atoms with Gasteiger partial charge in [0, 0.05) is 6.54 Å². The van der Waals surface area contributed by atoms with Crippen LogP contribution in [0.5, 0.6) is 0 Å². The van der Waals surface area contributed by atoms with E-state index in [4.69, 9.17) is 5.11 Å². The first-order chi connectivity index (χ1) is 6.86. The number of alkyl halides is 1. The number of hydrogen-bond donors (Lipinski definition) is 2. The van der Waals surface area contributed by atoms with Crippen LogP contribution in [-0.2, 0) is 13.2 Å². The highest BCUT2D eigenvalue weighted by atomic mass is 19.1. The van der Waals surface area contributed by atoms with Crippen LogP contribution in [0.3, 0.4) is 0 Å². The smallest absolute Gasteiger partial charge is 0.0906 e. The standard InChI is InChI=1S/C11H16FNO/c12-5-2-6-13-8-10-3-1-4-11(7-10)9-14/h1,3-4,7,13-14H,2,5-6,8-9H2. The minimum Gasteiger partial charge on any atom is -0.392 e. The molecule has 1 aromatic carbocycles. The van der Waals surface area contributed by atoms with Crippen molar-refractivity contribution >= 4 is 0 Å². The van der Waals surface area contributed by atoms with Gasteiger partial charge in [-0.2, -0.15) is 0 Å². The Morgan fingerprint density at radius 1 is 1.29 bits per heavy atom. The van der Waals surface area contributed by atoms with Crippen molar-refractivity contribution in [2.24, 2.45) is 0 Å². The van der Waals surface area contributed by atoms with Gasteiger partial charge in [-0.1, -0.05) is 24.3 Å². The summed E-state index contributed by atoms with van der Waals surface area (Å²) in [5.41, 5.74) is 2.03. The van der Waals surface area contributed by atoms with Gasteiger partial charge in [0.15, 0.2) is 0 Å². The van der Waals surface area contributed by atoms with Crippen molar-refractivity contribution in [3.63, 3.8) is 0 Å². The highest BCUT2D eigenvalue weighted by molar-refractivity contribution is 5.22. The molecule has 1 aromatic rings. The Labute approximate surface area is 83.8 Å². The maximum atomic E-state index is 11.8. The fourth-order valence-electron chi connectivity index (χ4n) is 1.26. The van der Waals surface area contributed by atoms with Gasteiger partial charge in [0.2, 0.25) is 0 Å². The Kier molecular flexibility index (Phi) is 5.19. The fourth-order valence-corrected chi connectivity index (χ4v) is 1.26. The number of aliphatic hydroxyl groups excluding tert-OH is 1. The predicted molar refractivity (Wildman–Crippen MR) is 54.7 cm³/mol. The summed E-state index contributed by atoms with van der Waals surface area (Å²) in [6.07, 6.45) is 0.555. The number of benzene rings is 1. The Balaban J connectivity index is 2.34. The summed E-state index contributed by atoms with van der Waals surface area (Å²) in [5.74, 6) is 0. The first-order valence-corrected chi connectivity index (χ1v) is 4.82. The van der Waals surface area contributed by atoms with Crippen molar-refractivity contribution in [2.75, 3.05) is 13.2 Å². The molecule has 0 heterocycles. The van der Waals surface area contributed by atoms with E-state index in [2.05, 4.69) is 5.32 Å². The zero-order chi connectivity index (χ0) is 10.2. The van der Waals surface area contributed by atoms with E-state index in [0.717, 1.165) is 17.7 Å². The third-order valence-electron chi connectivity index (χ3n) is 1.99. The van der Waals surface area contributed by atoms with E-state index in [1.54, 1.807) is 0 Å². The number of rotatable bonds is 6. The Hall–Kier alpha value is -0.930. The van der Waals surface area contributed by atoms with E-state index in [1.165, 1.54) is 0 Å². The molecule has 0 aliphatic heterocycles. The average Bonchev–Trinajstić information content (AvgIpc) is 2.25. The monoisotopic (exact) mass is 197 g/mol. The van der Waals surface area contributed by atoms with Gasteiger partial charge in [-0.3, -0.25) is 4.39 Å². The summed E-state index contributed by atoms with van der Waals surface area (Å²) in [6, 6.07) is 7.73. The van der Waals surface area contributed by atoms with Crippen LogP contribution in [0.4, 0.5) is 4.39 Å². The van der Waals surface area contributed by atoms with E-state index in [0.29, 0.717) is 13.0 Å². The number of hydrogen-bond acceptors (Lipinski definition) is 2. The van der Waals surface area contributed by atoms with Gasteiger partial charge >= 0.3 is 0 Å². The minimum absolute atomic E-state index is 0.0678. The number of halogens is 1. The minimum atomic E-state index is -0.274. The topological polar surface area (TPSA) is 32.3 Å². The molecule has 0 radical (unpaired) electrons. The quantitative estimate of drug-likeness (QED) is 0.679. The number of nitrogens with one attached hydrogen (secondary N) is 1. The molecule has 0 amide bonds. The molecule has 1 rings (SSSR count). The van der Waals surface area contributed by atoms with Crippen LogP contribution in [0.1, 0.15) is 17.5 Å². The summed E-state index contributed by atoms with van der Waals surface area (Å²) in [4.78, 5) is 0. The summed E-state index contributed by atoms with van der Waals surface area (Å²) in [6.45, 7) is 1.22. The lowest BCUT2D eigenvalue weighted by atomic mass is 10.1. The van der Waals surface area contributed by atoms with Crippen molar-refractivity contribution in [1.82, 2.24) is 5.32 Å². The molecule has 2 N–H and O–H groups in total. The van der Waals surface area contributed by atoms with Gasteiger partial charge in [0.25, 0.3) is 0 Å². The van der Waals surface area contributed by atoms with Crippen LogP contribution in [0.2, 0.25) is 0 Å². The van der Waals surface area contributed by atoms with Crippen LogP contribution < -0.4 is 5.32 Å². The van der Waals surface area contributed by atoms with Crippen LogP contribution in [0.15, 0.2) is 24.3 Å². The SMILES string of the molecule is OCc1cccc(CNCCCF)c1. The van der Waals surface area contributed by atoms with Crippen LogP contribution in [0.25, 0.3) is 0 Å². The second kappa shape index (κ2) is 6.51. The number of aliphatic hydroxyl groups is 1. The molecule has 0 aliphatic rings. The molecule has 0 fully saturated rings. The molecule has 0 aliphatic carbocycles. The van der Waals surface area contributed by atoms with Crippen molar-refractivity contribution in [3.05, 3.63) is 35.4 Å². The summed E-state index contributed by atoms with van der Waals surface area (Å²) in [5, 5.41) is 12.0. The molecule has 0 bridgehead atoms. The molecular formula is C11H16FNO. The lowest BCUT2D eigenvalue weighted by Crippen LogP contribution is -2.15.